The Bertz CT molecular complexity index is 378. The summed E-state index contributed by atoms with van der Waals surface area (Å²) in [4.78, 5) is 0. The number of benzene rings is 1. The van der Waals surface area contributed by atoms with Crippen LogP contribution in [0.4, 0.5) is 4.39 Å². The number of halogens is 2. The first-order valence-electron chi connectivity index (χ1n) is 6.85. The van der Waals surface area contributed by atoms with Crippen LogP contribution < -0.4 is 0 Å². The van der Waals surface area contributed by atoms with E-state index < -0.39 is 0 Å². The summed E-state index contributed by atoms with van der Waals surface area (Å²) in [6, 6.07) is 6.51. The molecule has 21 heavy (non-hydrogen) atoms. The van der Waals surface area contributed by atoms with E-state index in [9.17, 15) is 4.39 Å². The first kappa shape index (κ1) is 18.8. The minimum absolute atomic E-state index is 0.108. The summed E-state index contributed by atoms with van der Waals surface area (Å²) >= 11 is 2.23. The average Bonchev–Trinajstić information content (AvgIpc) is 2.49. The summed E-state index contributed by atoms with van der Waals surface area (Å²) in [5.74, 6) is -0.240. The molecule has 1 rings (SSSR count). The first-order chi connectivity index (χ1) is 10.3. The Kier molecular flexibility index (Phi) is 11.0. The lowest BCUT2D eigenvalue weighted by Gasteiger charge is -2.16. The SMILES string of the molecule is COCCOCCOCCOC(CI)c1cccc(F)c1. The highest BCUT2D eigenvalue weighted by Gasteiger charge is 2.10. The second-order valence-corrected chi connectivity index (χ2v) is 5.17. The normalized spacial score (nSPS) is 12.5. The third-order valence-corrected chi connectivity index (χ3v) is 3.51. The molecule has 0 saturated heterocycles. The average molecular weight is 412 g/mol. The minimum atomic E-state index is -0.240. The van der Waals surface area contributed by atoms with Crippen molar-refractivity contribution in [3.63, 3.8) is 0 Å². The third kappa shape index (κ3) is 8.67. The quantitative estimate of drug-likeness (QED) is 0.301. The molecule has 1 unspecified atom stereocenters. The van der Waals surface area contributed by atoms with E-state index in [0.717, 1.165) is 9.99 Å². The molecule has 0 aliphatic carbocycles. The molecule has 0 aliphatic heterocycles. The molecule has 0 aromatic heterocycles. The molecule has 4 nitrogen and oxygen atoms in total. The molecule has 0 N–H and O–H groups in total. The number of alkyl halides is 1. The fraction of sp³-hybridized carbons (Fsp3) is 0.600. The van der Waals surface area contributed by atoms with E-state index in [4.69, 9.17) is 18.9 Å². The number of rotatable bonds is 12. The number of ether oxygens (including phenoxy) is 4. The minimum Gasteiger partial charge on any atom is -0.382 e. The first-order valence-corrected chi connectivity index (χ1v) is 8.38. The zero-order chi connectivity index (χ0) is 15.3. The molecule has 0 spiro atoms. The van der Waals surface area contributed by atoms with Gasteiger partial charge in [-0.25, -0.2) is 4.39 Å². The van der Waals surface area contributed by atoms with Crippen molar-refractivity contribution >= 4 is 22.6 Å². The summed E-state index contributed by atoms with van der Waals surface area (Å²) in [5, 5.41) is 0. The Morgan fingerprint density at radius 3 is 2.33 bits per heavy atom. The van der Waals surface area contributed by atoms with Crippen LogP contribution in [0, 0.1) is 5.82 Å². The number of methoxy groups -OCH3 is 1. The van der Waals surface area contributed by atoms with Gasteiger partial charge in [-0.3, -0.25) is 0 Å². The predicted octanol–water partition coefficient (Wildman–Crippen LogP) is 3.00. The van der Waals surface area contributed by atoms with E-state index >= 15 is 0 Å². The number of hydrogen-bond acceptors (Lipinski definition) is 4. The maximum atomic E-state index is 13.2. The van der Waals surface area contributed by atoms with E-state index in [-0.39, 0.29) is 11.9 Å². The van der Waals surface area contributed by atoms with Crippen molar-refractivity contribution in [2.75, 3.05) is 51.2 Å². The Labute approximate surface area is 139 Å². The van der Waals surface area contributed by atoms with Gasteiger partial charge in [0.1, 0.15) is 5.82 Å². The van der Waals surface area contributed by atoms with Crippen LogP contribution >= 0.6 is 22.6 Å². The molecular weight excluding hydrogens is 390 g/mol. The van der Waals surface area contributed by atoms with Crippen molar-refractivity contribution in [3.05, 3.63) is 35.6 Å². The van der Waals surface area contributed by atoms with Gasteiger partial charge in [0.25, 0.3) is 0 Å². The lowest BCUT2D eigenvalue weighted by molar-refractivity contribution is -0.0110. The fourth-order valence-corrected chi connectivity index (χ4v) is 2.41. The topological polar surface area (TPSA) is 36.9 Å². The van der Waals surface area contributed by atoms with Crippen molar-refractivity contribution < 1.29 is 23.3 Å². The zero-order valence-corrected chi connectivity index (χ0v) is 14.4. The highest BCUT2D eigenvalue weighted by molar-refractivity contribution is 14.1. The van der Waals surface area contributed by atoms with Gasteiger partial charge in [-0.05, 0) is 17.7 Å². The smallest absolute Gasteiger partial charge is 0.123 e. The maximum Gasteiger partial charge on any atom is 0.123 e. The van der Waals surface area contributed by atoms with Crippen molar-refractivity contribution in [1.82, 2.24) is 0 Å². The Morgan fingerprint density at radius 1 is 1.05 bits per heavy atom. The molecule has 0 aliphatic rings. The summed E-state index contributed by atoms with van der Waals surface area (Å²) in [5.41, 5.74) is 0.854. The molecule has 1 aromatic carbocycles. The van der Waals surface area contributed by atoms with Gasteiger partial charge in [0.05, 0.1) is 45.7 Å². The van der Waals surface area contributed by atoms with E-state index in [1.165, 1.54) is 12.1 Å². The van der Waals surface area contributed by atoms with Crippen LogP contribution in [-0.2, 0) is 18.9 Å². The molecule has 0 radical (unpaired) electrons. The molecule has 0 heterocycles. The van der Waals surface area contributed by atoms with Crippen molar-refractivity contribution in [2.24, 2.45) is 0 Å². The van der Waals surface area contributed by atoms with Gasteiger partial charge >= 0.3 is 0 Å². The van der Waals surface area contributed by atoms with Gasteiger partial charge < -0.3 is 18.9 Å². The van der Waals surface area contributed by atoms with Crippen molar-refractivity contribution in [3.8, 4) is 0 Å². The van der Waals surface area contributed by atoms with E-state index in [1.807, 2.05) is 6.07 Å². The molecule has 1 aromatic rings. The number of hydrogen-bond donors (Lipinski definition) is 0. The standard InChI is InChI=1S/C15H22FIO4/c1-18-5-6-19-7-8-20-9-10-21-15(12-17)13-3-2-4-14(16)11-13/h2-4,11,15H,5-10,12H2,1H3. The Hall–Kier alpha value is -0.280. The van der Waals surface area contributed by atoms with Gasteiger partial charge in [0.15, 0.2) is 0 Å². The van der Waals surface area contributed by atoms with Gasteiger partial charge in [-0.15, -0.1) is 0 Å². The van der Waals surface area contributed by atoms with Gasteiger partial charge in [-0.2, -0.15) is 0 Å². The van der Waals surface area contributed by atoms with Crippen LogP contribution in [0.25, 0.3) is 0 Å². The third-order valence-electron chi connectivity index (χ3n) is 2.71. The Balaban J connectivity index is 2.10. The van der Waals surface area contributed by atoms with Gasteiger partial charge in [-0.1, -0.05) is 34.7 Å². The fourth-order valence-electron chi connectivity index (χ4n) is 1.65. The van der Waals surface area contributed by atoms with Crippen LogP contribution in [-0.4, -0.2) is 51.2 Å². The van der Waals surface area contributed by atoms with Crippen molar-refractivity contribution in [1.29, 1.82) is 0 Å². The molecule has 6 heteroatoms. The van der Waals surface area contributed by atoms with E-state index in [1.54, 1.807) is 13.2 Å². The summed E-state index contributed by atoms with van der Waals surface area (Å²) in [7, 11) is 1.64. The molecule has 1 atom stereocenters. The van der Waals surface area contributed by atoms with Gasteiger partial charge in [0, 0.05) is 11.5 Å². The lowest BCUT2D eigenvalue weighted by Crippen LogP contribution is -2.14. The van der Waals surface area contributed by atoms with E-state index in [2.05, 4.69) is 22.6 Å². The van der Waals surface area contributed by atoms with Crippen LogP contribution in [0.15, 0.2) is 24.3 Å². The van der Waals surface area contributed by atoms with Crippen LogP contribution in [0.2, 0.25) is 0 Å². The molecule has 120 valence electrons. The highest BCUT2D eigenvalue weighted by Crippen LogP contribution is 2.20. The predicted molar refractivity (Wildman–Crippen MR) is 87.5 cm³/mol. The van der Waals surface area contributed by atoms with Crippen LogP contribution in [0.3, 0.4) is 0 Å². The summed E-state index contributed by atoms with van der Waals surface area (Å²) < 4.78 is 35.2. The molecule has 0 amide bonds. The second-order valence-electron chi connectivity index (χ2n) is 4.29. The molecule has 0 fully saturated rings. The molecule has 0 bridgehead atoms. The van der Waals surface area contributed by atoms with Crippen LogP contribution in [0.5, 0.6) is 0 Å². The summed E-state index contributed by atoms with van der Waals surface area (Å²) in [6.45, 7) is 3.21. The second kappa shape index (κ2) is 12.3. The Morgan fingerprint density at radius 2 is 1.71 bits per heavy atom. The largest absolute Gasteiger partial charge is 0.382 e. The van der Waals surface area contributed by atoms with E-state index in [0.29, 0.717) is 39.6 Å². The van der Waals surface area contributed by atoms with Crippen molar-refractivity contribution in [2.45, 2.75) is 6.10 Å². The maximum absolute atomic E-state index is 13.2. The highest BCUT2D eigenvalue weighted by atomic mass is 127. The lowest BCUT2D eigenvalue weighted by atomic mass is 10.1. The van der Waals surface area contributed by atoms with Gasteiger partial charge in [0.2, 0.25) is 0 Å². The monoisotopic (exact) mass is 412 g/mol. The molecule has 0 saturated carbocycles. The van der Waals surface area contributed by atoms with Crippen LogP contribution in [0.1, 0.15) is 11.7 Å². The zero-order valence-electron chi connectivity index (χ0n) is 12.2. The summed E-state index contributed by atoms with van der Waals surface area (Å²) in [6.07, 6.45) is -0.108. The molecular formula is C15H22FIO4.